The van der Waals surface area contributed by atoms with Crippen LogP contribution in [0.5, 0.6) is 0 Å². The van der Waals surface area contributed by atoms with E-state index in [4.69, 9.17) is 0 Å². The molecule has 3 N–H and O–H groups in total. The first kappa shape index (κ1) is 13.7. The standard InChI is InChI=1S/C13H15N5O2/c19-11(17-13-15-9-16-18-13)7-4-8-14-12(20)10-5-2-1-3-6-10/h1-3,5-6,9H,4,7-8H2,(H,14,20)(H2,15,16,17,18,19). The third kappa shape index (κ3) is 4.20. The summed E-state index contributed by atoms with van der Waals surface area (Å²) in [7, 11) is 0. The lowest BCUT2D eigenvalue weighted by Crippen LogP contribution is -2.25. The van der Waals surface area contributed by atoms with Crippen LogP contribution in [0.3, 0.4) is 0 Å². The maximum atomic E-state index is 11.7. The average molecular weight is 273 g/mol. The fraction of sp³-hybridized carbons (Fsp3) is 0.231. The maximum Gasteiger partial charge on any atom is 0.251 e. The van der Waals surface area contributed by atoms with Crippen LogP contribution >= 0.6 is 0 Å². The topological polar surface area (TPSA) is 99.8 Å². The summed E-state index contributed by atoms with van der Waals surface area (Å²) in [5, 5.41) is 11.5. The lowest BCUT2D eigenvalue weighted by atomic mass is 10.2. The van der Waals surface area contributed by atoms with Crippen LogP contribution in [0.4, 0.5) is 5.95 Å². The van der Waals surface area contributed by atoms with Crippen molar-refractivity contribution in [3.8, 4) is 0 Å². The van der Waals surface area contributed by atoms with E-state index in [-0.39, 0.29) is 11.8 Å². The molecule has 2 aromatic rings. The zero-order valence-corrected chi connectivity index (χ0v) is 10.8. The lowest BCUT2D eigenvalue weighted by molar-refractivity contribution is -0.116. The van der Waals surface area contributed by atoms with Gasteiger partial charge in [0.2, 0.25) is 11.9 Å². The number of hydrogen-bond donors (Lipinski definition) is 3. The van der Waals surface area contributed by atoms with Crippen molar-refractivity contribution in [1.82, 2.24) is 20.5 Å². The van der Waals surface area contributed by atoms with E-state index in [1.807, 2.05) is 6.07 Å². The van der Waals surface area contributed by atoms with Gasteiger partial charge in [0.15, 0.2) is 0 Å². The van der Waals surface area contributed by atoms with Gasteiger partial charge in [0.25, 0.3) is 5.91 Å². The van der Waals surface area contributed by atoms with Gasteiger partial charge in [-0.15, -0.1) is 0 Å². The Morgan fingerprint density at radius 3 is 2.70 bits per heavy atom. The van der Waals surface area contributed by atoms with E-state index in [1.54, 1.807) is 24.3 Å². The number of carbonyl (C=O) groups is 2. The Hall–Kier alpha value is -2.70. The third-order valence-corrected chi connectivity index (χ3v) is 2.57. The van der Waals surface area contributed by atoms with Crippen LogP contribution in [0, 0.1) is 0 Å². The number of anilines is 1. The molecule has 0 aliphatic heterocycles. The minimum Gasteiger partial charge on any atom is -0.352 e. The quantitative estimate of drug-likeness (QED) is 0.682. The molecule has 0 atom stereocenters. The van der Waals surface area contributed by atoms with Crippen molar-refractivity contribution in [2.75, 3.05) is 11.9 Å². The Morgan fingerprint density at radius 1 is 1.20 bits per heavy atom. The molecule has 1 aromatic heterocycles. The van der Waals surface area contributed by atoms with Crippen molar-refractivity contribution < 1.29 is 9.59 Å². The minimum atomic E-state index is -0.171. The number of aromatic amines is 1. The van der Waals surface area contributed by atoms with E-state index in [0.717, 1.165) is 0 Å². The van der Waals surface area contributed by atoms with E-state index in [2.05, 4.69) is 25.8 Å². The molecule has 0 saturated carbocycles. The van der Waals surface area contributed by atoms with E-state index < -0.39 is 0 Å². The number of hydrogen-bond acceptors (Lipinski definition) is 4. The molecule has 7 nitrogen and oxygen atoms in total. The predicted octanol–water partition coefficient (Wildman–Crippen LogP) is 0.953. The van der Waals surface area contributed by atoms with Gasteiger partial charge in [0, 0.05) is 18.5 Å². The molecule has 0 radical (unpaired) electrons. The summed E-state index contributed by atoms with van der Waals surface area (Å²) >= 11 is 0. The lowest BCUT2D eigenvalue weighted by Gasteiger charge is -2.05. The smallest absolute Gasteiger partial charge is 0.251 e. The average Bonchev–Trinajstić information content (AvgIpc) is 2.97. The summed E-state index contributed by atoms with van der Waals surface area (Å²) in [5.74, 6) is 0.0141. The molecule has 2 rings (SSSR count). The second-order valence-electron chi connectivity index (χ2n) is 4.11. The molecule has 0 aliphatic rings. The van der Waals surface area contributed by atoms with Crippen LogP contribution in [0.1, 0.15) is 23.2 Å². The monoisotopic (exact) mass is 273 g/mol. The fourth-order valence-electron chi connectivity index (χ4n) is 1.60. The third-order valence-electron chi connectivity index (χ3n) is 2.57. The maximum absolute atomic E-state index is 11.7. The second kappa shape index (κ2) is 7.03. The number of nitrogens with one attached hydrogen (secondary N) is 3. The largest absolute Gasteiger partial charge is 0.352 e. The summed E-state index contributed by atoms with van der Waals surface area (Å²) in [6.45, 7) is 0.442. The van der Waals surface area contributed by atoms with Crippen molar-refractivity contribution in [3.63, 3.8) is 0 Å². The predicted molar refractivity (Wildman–Crippen MR) is 73.0 cm³/mol. The van der Waals surface area contributed by atoms with Gasteiger partial charge in [-0.2, -0.15) is 10.1 Å². The summed E-state index contributed by atoms with van der Waals surface area (Å²) in [6.07, 6.45) is 2.17. The Bertz CT molecular complexity index is 553. The molecule has 1 heterocycles. The molecule has 2 amide bonds. The summed E-state index contributed by atoms with van der Waals surface area (Å²) in [6, 6.07) is 8.95. The van der Waals surface area contributed by atoms with Gasteiger partial charge in [-0.05, 0) is 18.6 Å². The van der Waals surface area contributed by atoms with Gasteiger partial charge in [-0.25, -0.2) is 5.10 Å². The van der Waals surface area contributed by atoms with Gasteiger partial charge in [0.05, 0.1) is 0 Å². The first-order valence-corrected chi connectivity index (χ1v) is 6.24. The molecule has 1 aromatic carbocycles. The van der Waals surface area contributed by atoms with Crippen molar-refractivity contribution >= 4 is 17.8 Å². The molecule has 0 bridgehead atoms. The van der Waals surface area contributed by atoms with E-state index in [0.29, 0.717) is 30.9 Å². The number of amides is 2. The molecular weight excluding hydrogens is 258 g/mol. The molecule has 104 valence electrons. The van der Waals surface area contributed by atoms with Gasteiger partial charge in [-0.1, -0.05) is 18.2 Å². The zero-order chi connectivity index (χ0) is 14.2. The van der Waals surface area contributed by atoms with E-state index in [1.165, 1.54) is 6.33 Å². The highest BCUT2D eigenvalue weighted by molar-refractivity contribution is 5.94. The van der Waals surface area contributed by atoms with E-state index in [9.17, 15) is 9.59 Å². The molecular formula is C13H15N5O2. The summed E-state index contributed by atoms with van der Waals surface area (Å²) < 4.78 is 0. The highest BCUT2D eigenvalue weighted by atomic mass is 16.2. The molecule has 7 heteroatoms. The number of benzene rings is 1. The van der Waals surface area contributed by atoms with Crippen LogP contribution in [-0.4, -0.2) is 33.5 Å². The highest BCUT2D eigenvalue weighted by Crippen LogP contribution is 1.99. The van der Waals surface area contributed by atoms with Crippen molar-refractivity contribution in [2.45, 2.75) is 12.8 Å². The Kier molecular flexibility index (Phi) is 4.82. The van der Waals surface area contributed by atoms with Crippen LogP contribution in [0.2, 0.25) is 0 Å². The van der Waals surface area contributed by atoms with Gasteiger partial charge >= 0.3 is 0 Å². The first-order valence-electron chi connectivity index (χ1n) is 6.24. The van der Waals surface area contributed by atoms with Crippen molar-refractivity contribution in [2.24, 2.45) is 0 Å². The van der Waals surface area contributed by atoms with Crippen molar-refractivity contribution in [1.29, 1.82) is 0 Å². The van der Waals surface area contributed by atoms with Crippen LogP contribution in [0.15, 0.2) is 36.7 Å². The van der Waals surface area contributed by atoms with E-state index >= 15 is 0 Å². The van der Waals surface area contributed by atoms with Crippen LogP contribution < -0.4 is 10.6 Å². The highest BCUT2D eigenvalue weighted by Gasteiger charge is 2.06. The Labute approximate surface area is 115 Å². The fourth-order valence-corrected chi connectivity index (χ4v) is 1.60. The summed E-state index contributed by atoms with van der Waals surface area (Å²) in [4.78, 5) is 27.0. The molecule has 0 unspecified atom stereocenters. The molecule has 0 aliphatic carbocycles. The number of nitrogens with zero attached hydrogens (tertiary/aromatic N) is 2. The number of H-pyrrole nitrogens is 1. The Balaban J connectivity index is 1.64. The van der Waals surface area contributed by atoms with Gasteiger partial charge < -0.3 is 5.32 Å². The molecule has 0 fully saturated rings. The van der Waals surface area contributed by atoms with Crippen molar-refractivity contribution in [3.05, 3.63) is 42.2 Å². The van der Waals surface area contributed by atoms with Gasteiger partial charge in [-0.3, -0.25) is 14.9 Å². The summed E-state index contributed by atoms with van der Waals surface area (Å²) in [5.41, 5.74) is 0.610. The number of rotatable bonds is 6. The first-order chi connectivity index (χ1) is 9.75. The van der Waals surface area contributed by atoms with Crippen LogP contribution in [0.25, 0.3) is 0 Å². The zero-order valence-electron chi connectivity index (χ0n) is 10.8. The number of aromatic nitrogens is 3. The Morgan fingerprint density at radius 2 is 2.00 bits per heavy atom. The normalized spacial score (nSPS) is 10.0. The minimum absolute atomic E-state index is 0.138. The SMILES string of the molecule is O=C(CCCNC(=O)c1ccccc1)Nc1ncn[nH]1. The molecule has 20 heavy (non-hydrogen) atoms. The second-order valence-corrected chi connectivity index (χ2v) is 4.11. The molecule has 0 spiro atoms. The van der Waals surface area contributed by atoms with Crippen LogP contribution in [-0.2, 0) is 4.79 Å². The molecule has 0 saturated heterocycles. The van der Waals surface area contributed by atoms with Gasteiger partial charge in [0.1, 0.15) is 6.33 Å². The number of carbonyl (C=O) groups excluding carboxylic acids is 2.